The molecule has 0 aliphatic heterocycles. The van der Waals surface area contributed by atoms with Gasteiger partial charge in [0, 0.05) is 13.6 Å². The summed E-state index contributed by atoms with van der Waals surface area (Å²) in [6.45, 7) is 3.54. The molecular weight excluding hydrogens is 284 g/mol. The first-order valence-electron chi connectivity index (χ1n) is 6.81. The van der Waals surface area contributed by atoms with Gasteiger partial charge in [0.2, 0.25) is 6.29 Å². The van der Waals surface area contributed by atoms with E-state index in [1.54, 1.807) is 57.5 Å². The molecule has 0 saturated heterocycles. The summed E-state index contributed by atoms with van der Waals surface area (Å²) in [4.78, 5) is 37.6. The van der Waals surface area contributed by atoms with Crippen LogP contribution in [0, 0.1) is 0 Å². The lowest BCUT2D eigenvalue weighted by atomic mass is 10.0. The van der Waals surface area contributed by atoms with Crippen LogP contribution in [0.15, 0.2) is 30.3 Å². The molecule has 0 spiro atoms. The second-order valence-corrected chi connectivity index (χ2v) is 5.33. The molecule has 0 heterocycles. The lowest BCUT2D eigenvalue weighted by Crippen LogP contribution is -2.57. The normalized spacial score (nSPS) is 10.7. The standard InChI is InChI=1S/C15H21N4O3/c1-15(2,11-16)18(3)14(22)19(13(21)17-9-10-20)12-7-5-4-6-8-12/h4-8H,9,11,16H2,1-3H3,(H,17,21). The highest BCUT2D eigenvalue weighted by Gasteiger charge is 2.33. The SMILES string of the molecule is CN(C(=O)N(C(=O)NC[C]=O)c1ccccc1)C(C)(C)CN. The van der Waals surface area contributed by atoms with Crippen molar-refractivity contribution in [3.05, 3.63) is 30.3 Å². The monoisotopic (exact) mass is 305 g/mol. The minimum Gasteiger partial charge on any atom is -0.330 e. The van der Waals surface area contributed by atoms with Gasteiger partial charge >= 0.3 is 12.1 Å². The number of nitrogens with zero attached hydrogens (tertiary/aromatic N) is 2. The predicted octanol–water partition coefficient (Wildman–Crippen LogP) is 1.10. The number of imide groups is 1. The van der Waals surface area contributed by atoms with Gasteiger partial charge in [-0.2, -0.15) is 0 Å². The summed E-state index contributed by atoms with van der Waals surface area (Å²) >= 11 is 0. The molecular formula is C15H21N4O3. The first kappa shape index (κ1) is 17.6. The Morgan fingerprint density at radius 3 is 2.36 bits per heavy atom. The Labute approximate surface area is 130 Å². The molecule has 7 nitrogen and oxygen atoms in total. The van der Waals surface area contributed by atoms with Gasteiger partial charge < -0.3 is 16.0 Å². The Morgan fingerprint density at radius 1 is 1.27 bits per heavy atom. The molecule has 0 saturated carbocycles. The number of carbonyl (C=O) groups excluding carboxylic acids is 3. The number of rotatable bonds is 5. The van der Waals surface area contributed by atoms with E-state index in [0.29, 0.717) is 5.69 Å². The van der Waals surface area contributed by atoms with Crippen LogP contribution in [0.1, 0.15) is 13.8 Å². The Hall–Kier alpha value is -2.41. The molecule has 22 heavy (non-hydrogen) atoms. The van der Waals surface area contributed by atoms with Gasteiger partial charge in [0.25, 0.3) is 0 Å². The zero-order valence-electron chi connectivity index (χ0n) is 13.0. The molecule has 1 rings (SSSR count). The number of hydrogen-bond donors (Lipinski definition) is 2. The van der Waals surface area contributed by atoms with E-state index in [-0.39, 0.29) is 13.1 Å². The van der Waals surface area contributed by atoms with E-state index in [0.717, 1.165) is 4.90 Å². The van der Waals surface area contributed by atoms with Crippen molar-refractivity contribution in [1.29, 1.82) is 0 Å². The highest BCUT2D eigenvalue weighted by atomic mass is 16.2. The van der Waals surface area contributed by atoms with Gasteiger partial charge in [-0.05, 0) is 26.0 Å². The second kappa shape index (κ2) is 7.56. The number of anilines is 1. The van der Waals surface area contributed by atoms with Crippen LogP contribution in [-0.2, 0) is 4.79 Å². The van der Waals surface area contributed by atoms with Crippen LogP contribution in [0.25, 0.3) is 0 Å². The summed E-state index contributed by atoms with van der Waals surface area (Å²) in [7, 11) is 1.57. The average molecular weight is 305 g/mol. The third-order valence-corrected chi connectivity index (χ3v) is 3.42. The topological polar surface area (TPSA) is 95.7 Å². The van der Waals surface area contributed by atoms with Gasteiger partial charge in [-0.3, -0.25) is 4.79 Å². The quantitative estimate of drug-likeness (QED) is 0.851. The van der Waals surface area contributed by atoms with Crippen molar-refractivity contribution >= 4 is 24.0 Å². The first-order chi connectivity index (χ1) is 10.3. The fraction of sp³-hybridized carbons (Fsp3) is 0.400. The highest BCUT2D eigenvalue weighted by Crippen LogP contribution is 2.19. The van der Waals surface area contributed by atoms with E-state index < -0.39 is 17.6 Å². The van der Waals surface area contributed by atoms with E-state index in [4.69, 9.17) is 5.73 Å². The summed E-state index contributed by atoms with van der Waals surface area (Å²) in [6, 6.07) is 7.23. The van der Waals surface area contributed by atoms with Crippen molar-refractivity contribution in [2.24, 2.45) is 5.73 Å². The Bertz CT molecular complexity index is 531. The predicted molar refractivity (Wildman–Crippen MR) is 84.3 cm³/mol. The molecule has 0 aliphatic rings. The molecule has 1 aromatic carbocycles. The number of carbonyl (C=O) groups is 2. The third kappa shape index (κ3) is 4.05. The lowest BCUT2D eigenvalue weighted by molar-refractivity contribution is 0.166. The molecule has 1 radical (unpaired) electrons. The van der Waals surface area contributed by atoms with E-state index in [9.17, 15) is 14.4 Å². The second-order valence-electron chi connectivity index (χ2n) is 5.33. The molecule has 3 N–H and O–H groups in total. The minimum atomic E-state index is -0.695. The number of benzene rings is 1. The van der Waals surface area contributed by atoms with Crippen LogP contribution < -0.4 is 16.0 Å². The van der Waals surface area contributed by atoms with Crippen LogP contribution in [0.3, 0.4) is 0 Å². The van der Waals surface area contributed by atoms with Gasteiger partial charge in [-0.25, -0.2) is 14.5 Å². The van der Waals surface area contributed by atoms with Crippen molar-refractivity contribution in [2.75, 3.05) is 25.0 Å². The average Bonchev–Trinajstić information content (AvgIpc) is 2.53. The number of likely N-dealkylation sites (N-methyl/N-ethyl adjacent to an activating group) is 1. The molecule has 0 unspecified atom stereocenters. The largest absolute Gasteiger partial charge is 0.333 e. The molecule has 0 bridgehead atoms. The van der Waals surface area contributed by atoms with Crippen LogP contribution in [0.4, 0.5) is 15.3 Å². The molecule has 1 aromatic rings. The number of amides is 4. The molecule has 4 amide bonds. The van der Waals surface area contributed by atoms with Crippen molar-refractivity contribution in [3.63, 3.8) is 0 Å². The summed E-state index contributed by atoms with van der Waals surface area (Å²) in [6.07, 6.45) is 1.56. The molecule has 7 heteroatoms. The van der Waals surface area contributed by atoms with Crippen LogP contribution >= 0.6 is 0 Å². The molecule has 0 aromatic heterocycles. The van der Waals surface area contributed by atoms with Crippen LogP contribution in [0.5, 0.6) is 0 Å². The van der Waals surface area contributed by atoms with E-state index in [2.05, 4.69) is 5.32 Å². The molecule has 119 valence electrons. The van der Waals surface area contributed by atoms with Gasteiger partial charge in [0.15, 0.2) is 0 Å². The lowest BCUT2D eigenvalue weighted by Gasteiger charge is -2.37. The van der Waals surface area contributed by atoms with Gasteiger partial charge in [0.1, 0.15) is 0 Å². The van der Waals surface area contributed by atoms with Crippen LogP contribution in [0.2, 0.25) is 0 Å². The van der Waals surface area contributed by atoms with Crippen molar-refractivity contribution in [1.82, 2.24) is 10.2 Å². The number of hydrogen-bond acceptors (Lipinski definition) is 4. The molecule has 0 aliphatic carbocycles. The number of nitrogens with two attached hydrogens (primary N) is 1. The summed E-state index contributed by atoms with van der Waals surface area (Å²) in [5.74, 6) is 0. The number of urea groups is 2. The zero-order valence-corrected chi connectivity index (χ0v) is 13.0. The van der Waals surface area contributed by atoms with Crippen molar-refractivity contribution in [3.8, 4) is 0 Å². The first-order valence-corrected chi connectivity index (χ1v) is 6.81. The number of para-hydroxylation sites is 1. The number of nitrogens with one attached hydrogen (secondary N) is 1. The zero-order chi connectivity index (χ0) is 16.8. The maximum atomic E-state index is 12.7. The van der Waals surface area contributed by atoms with E-state index in [1.165, 1.54) is 4.90 Å². The summed E-state index contributed by atoms with van der Waals surface area (Å²) in [5.41, 5.74) is 5.45. The maximum Gasteiger partial charge on any atom is 0.333 e. The molecule has 0 fully saturated rings. The fourth-order valence-electron chi connectivity index (χ4n) is 1.63. The van der Waals surface area contributed by atoms with Gasteiger partial charge in [-0.15, -0.1) is 0 Å². The maximum absolute atomic E-state index is 12.7. The third-order valence-electron chi connectivity index (χ3n) is 3.42. The Morgan fingerprint density at radius 2 is 1.86 bits per heavy atom. The van der Waals surface area contributed by atoms with Gasteiger partial charge in [-0.1, -0.05) is 18.2 Å². The van der Waals surface area contributed by atoms with E-state index >= 15 is 0 Å². The molecule has 0 atom stereocenters. The van der Waals surface area contributed by atoms with Crippen molar-refractivity contribution in [2.45, 2.75) is 19.4 Å². The summed E-state index contributed by atoms with van der Waals surface area (Å²) < 4.78 is 0. The van der Waals surface area contributed by atoms with Crippen molar-refractivity contribution < 1.29 is 14.4 Å². The Kier molecular flexibility index (Phi) is 6.06. The highest BCUT2D eigenvalue weighted by molar-refractivity contribution is 6.13. The van der Waals surface area contributed by atoms with E-state index in [1.807, 2.05) is 0 Å². The Balaban J connectivity index is 3.12. The summed E-state index contributed by atoms with van der Waals surface area (Å²) in [5, 5.41) is 2.32. The van der Waals surface area contributed by atoms with Gasteiger partial charge in [0.05, 0.1) is 17.8 Å². The minimum absolute atomic E-state index is 0.238. The fourth-order valence-corrected chi connectivity index (χ4v) is 1.63. The smallest absolute Gasteiger partial charge is 0.330 e. The van der Waals surface area contributed by atoms with Crippen LogP contribution in [-0.4, -0.2) is 48.9 Å².